The van der Waals surface area contributed by atoms with Crippen LogP contribution in [0, 0.1) is 6.92 Å². The summed E-state index contributed by atoms with van der Waals surface area (Å²) in [4.78, 5) is 24.1. The van der Waals surface area contributed by atoms with Gasteiger partial charge < -0.3 is 9.47 Å². The Hall–Kier alpha value is -3.02. The maximum Gasteiger partial charge on any atom is 0.276 e. The van der Waals surface area contributed by atoms with Crippen molar-refractivity contribution in [3.63, 3.8) is 0 Å². The normalized spacial score (nSPS) is 10.5. The van der Waals surface area contributed by atoms with Gasteiger partial charge in [-0.05, 0) is 60.7 Å². The van der Waals surface area contributed by atoms with E-state index in [-0.39, 0.29) is 12.5 Å². The zero-order chi connectivity index (χ0) is 20.5. The number of benzene rings is 2. The van der Waals surface area contributed by atoms with Crippen LogP contribution in [-0.4, -0.2) is 25.0 Å². The monoisotopic (exact) mass is 384 g/mol. The number of hydrazine groups is 1. The summed E-state index contributed by atoms with van der Waals surface area (Å²) < 4.78 is 11.1. The van der Waals surface area contributed by atoms with Crippen molar-refractivity contribution in [3.8, 4) is 11.5 Å². The molecule has 2 amide bonds. The zero-order valence-electron chi connectivity index (χ0n) is 16.9. The minimum absolute atomic E-state index is 0.187. The molecule has 0 aliphatic rings. The summed E-state index contributed by atoms with van der Waals surface area (Å²) in [5, 5.41) is 0. The number of nitrogens with one attached hydrogen (secondary N) is 2. The lowest BCUT2D eigenvalue weighted by Gasteiger charge is -2.15. The second-order valence-corrected chi connectivity index (χ2v) is 6.86. The molecule has 2 aromatic rings. The fraction of sp³-hybridized carbons (Fsp3) is 0.364. The molecule has 2 aromatic carbocycles. The van der Waals surface area contributed by atoms with Crippen LogP contribution in [0.3, 0.4) is 0 Å². The van der Waals surface area contributed by atoms with E-state index in [0.29, 0.717) is 23.7 Å². The maximum absolute atomic E-state index is 12.1. The van der Waals surface area contributed by atoms with Crippen LogP contribution in [0.5, 0.6) is 11.5 Å². The van der Waals surface area contributed by atoms with Crippen LogP contribution >= 0.6 is 0 Å². The molecule has 0 bridgehead atoms. The SMILES string of the molecule is CCCOc1ccc(C(=O)NNC(=O)COc2cc(C)ccc2C(C)C)cc1. The highest BCUT2D eigenvalue weighted by Gasteiger charge is 2.11. The minimum Gasteiger partial charge on any atom is -0.494 e. The number of carbonyl (C=O) groups excluding carboxylic acids is 2. The lowest BCUT2D eigenvalue weighted by atomic mass is 10.0. The molecule has 2 rings (SSSR count). The van der Waals surface area contributed by atoms with Crippen molar-refractivity contribution in [1.29, 1.82) is 0 Å². The van der Waals surface area contributed by atoms with E-state index in [1.165, 1.54) is 0 Å². The van der Waals surface area contributed by atoms with Gasteiger partial charge in [-0.25, -0.2) is 0 Å². The standard InChI is InChI=1S/C22H28N2O4/c1-5-12-27-18-9-7-17(8-10-18)22(26)24-23-21(25)14-28-20-13-16(4)6-11-19(20)15(2)3/h6-11,13,15H,5,12,14H2,1-4H3,(H,23,25)(H,24,26). The molecule has 2 N–H and O–H groups in total. The van der Waals surface area contributed by atoms with E-state index < -0.39 is 11.8 Å². The molecule has 0 aliphatic carbocycles. The minimum atomic E-state index is -0.438. The number of aryl methyl sites for hydroxylation is 1. The van der Waals surface area contributed by atoms with Gasteiger partial charge in [-0.1, -0.05) is 32.9 Å². The number of hydrogen-bond donors (Lipinski definition) is 2. The highest BCUT2D eigenvalue weighted by Crippen LogP contribution is 2.27. The molecule has 0 fully saturated rings. The van der Waals surface area contributed by atoms with Gasteiger partial charge in [-0.2, -0.15) is 0 Å². The summed E-state index contributed by atoms with van der Waals surface area (Å²) in [6.07, 6.45) is 0.914. The third-order valence-electron chi connectivity index (χ3n) is 4.05. The first-order valence-corrected chi connectivity index (χ1v) is 9.46. The van der Waals surface area contributed by atoms with Gasteiger partial charge in [-0.3, -0.25) is 20.4 Å². The second kappa shape index (κ2) is 10.3. The molecular weight excluding hydrogens is 356 g/mol. The number of amides is 2. The van der Waals surface area contributed by atoms with Crippen molar-refractivity contribution in [3.05, 3.63) is 59.2 Å². The Morgan fingerprint density at radius 3 is 2.36 bits per heavy atom. The predicted octanol–water partition coefficient (Wildman–Crippen LogP) is 3.75. The summed E-state index contributed by atoms with van der Waals surface area (Å²) in [6, 6.07) is 12.7. The van der Waals surface area contributed by atoms with Gasteiger partial charge >= 0.3 is 0 Å². The zero-order valence-corrected chi connectivity index (χ0v) is 16.9. The van der Waals surface area contributed by atoms with Gasteiger partial charge in [0.15, 0.2) is 6.61 Å². The van der Waals surface area contributed by atoms with Crippen molar-refractivity contribution >= 4 is 11.8 Å². The number of rotatable bonds is 8. The summed E-state index contributed by atoms with van der Waals surface area (Å²) >= 11 is 0. The van der Waals surface area contributed by atoms with Crippen LogP contribution < -0.4 is 20.3 Å². The largest absolute Gasteiger partial charge is 0.494 e. The first-order chi connectivity index (χ1) is 13.4. The lowest BCUT2D eigenvalue weighted by Crippen LogP contribution is -2.43. The van der Waals surface area contributed by atoms with Crippen molar-refractivity contribution in [2.45, 2.75) is 40.0 Å². The summed E-state index contributed by atoms with van der Waals surface area (Å²) in [6.45, 7) is 8.56. The number of hydrogen-bond acceptors (Lipinski definition) is 4. The first-order valence-electron chi connectivity index (χ1n) is 9.46. The molecule has 0 saturated carbocycles. The van der Waals surface area contributed by atoms with Crippen molar-refractivity contribution < 1.29 is 19.1 Å². The van der Waals surface area contributed by atoms with Gasteiger partial charge in [0.05, 0.1) is 6.61 Å². The van der Waals surface area contributed by atoms with Gasteiger partial charge in [0.25, 0.3) is 11.8 Å². The van der Waals surface area contributed by atoms with Crippen LogP contribution in [0.2, 0.25) is 0 Å². The molecule has 0 radical (unpaired) electrons. The Morgan fingerprint density at radius 1 is 1.00 bits per heavy atom. The predicted molar refractivity (Wildman–Crippen MR) is 109 cm³/mol. The average Bonchev–Trinajstić information content (AvgIpc) is 2.69. The van der Waals surface area contributed by atoms with Gasteiger partial charge in [0.2, 0.25) is 0 Å². The van der Waals surface area contributed by atoms with Crippen LogP contribution in [-0.2, 0) is 4.79 Å². The average molecular weight is 384 g/mol. The molecular formula is C22H28N2O4. The van der Waals surface area contributed by atoms with E-state index in [1.54, 1.807) is 24.3 Å². The molecule has 6 nitrogen and oxygen atoms in total. The number of ether oxygens (including phenoxy) is 2. The van der Waals surface area contributed by atoms with Gasteiger partial charge in [0, 0.05) is 5.56 Å². The summed E-state index contributed by atoms with van der Waals surface area (Å²) in [7, 11) is 0. The van der Waals surface area contributed by atoms with E-state index in [0.717, 1.165) is 17.5 Å². The molecule has 0 unspecified atom stereocenters. The first kappa shape index (κ1) is 21.3. The number of carbonyl (C=O) groups is 2. The molecule has 0 heterocycles. The van der Waals surface area contributed by atoms with Crippen LogP contribution in [0.15, 0.2) is 42.5 Å². The maximum atomic E-state index is 12.1. The topological polar surface area (TPSA) is 76.7 Å². The highest BCUT2D eigenvalue weighted by atomic mass is 16.5. The van der Waals surface area contributed by atoms with E-state index in [1.807, 2.05) is 32.0 Å². The molecule has 6 heteroatoms. The highest BCUT2D eigenvalue weighted by molar-refractivity contribution is 5.95. The molecule has 28 heavy (non-hydrogen) atoms. The van der Waals surface area contributed by atoms with Crippen molar-refractivity contribution in [2.24, 2.45) is 0 Å². The Bertz CT molecular complexity index is 801. The third-order valence-corrected chi connectivity index (χ3v) is 4.05. The third kappa shape index (κ3) is 6.30. The summed E-state index contributed by atoms with van der Waals surface area (Å²) in [5.74, 6) is 0.818. The quantitative estimate of drug-likeness (QED) is 0.680. The van der Waals surface area contributed by atoms with Crippen LogP contribution in [0.1, 0.15) is 54.6 Å². The second-order valence-electron chi connectivity index (χ2n) is 6.86. The molecule has 0 atom stereocenters. The van der Waals surface area contributed by atoms with E-state index in [2.05, 4.69) is 24.7 Å². The van der Waals surface area contributed by atoms with Gasteiger partial charge in [0.1, 0.15) is 11.5 Å². The Labute approximate surface area is 166 Å². The van der Waals surface area contributed by atoms with Crippen molar-refractivity contribution in [1.82, 2.24) is 10.9 Å². The molecule has 150 valence electrons. The van der Waals surface area contributed by atoms with Crippen LogP contribution in [0.4, 0.5) is 0 Å². The summed E-state index contributed by atoms with van der Waals surface area (Å²) in [5.41, 5.74) is 7.27. The van der Waals surface area contributed by atoms with E-state index >= 15 is 0 Å². The van der Waals surface area contributed by atoms with Crippen LogP contribution in [0.25, 0.3) is 0 Å². The molecule has 0 aliphatic heterocycles. The smallest absolute Gasteiger partial charge is 0.276 e. The van der Waals surface area contributed by atoms with Gasteiger partial charge in [-0.15, -0.1) is 0 Å². The molecule has 0 saturated heterocycles. The van der Waals surface area contributed by atoms with E-state index in [4.69, 9.17) is 9.47 Å². The van der Waals surface area contributed by atoms with Crippen molar-refractivity contribution in [2.75, 3.05) is 13.2 Å². The lowest BCUT2D eigenvalue weighted by molar-refractivity contribution is -0.123. The fourth-order valence-corrected chi connectivity index (χ4v) is 2.54. The Kier molecular flexibility index (Phi) is 7.87. The molecule has 0 aromatic heterocycles. The Balaban J connectivity index is 1.84. The fourth-order valence-electron chi connectivity index (χ4n) is 2.54. The molecule has 0 spiro atoms. The van der Waals surface area contributed by atoms with E-state index in [9.17, 15) is 9.59 Å². The Morgan fingerprint density at radius 2 is 1.71 bits per heavy atom.